The van der Waals surface area contributed by atoms with Gasteiger partial charge in [-0.05, 0) is 36.6 Å². The smallest absolute Gasteiger partial charge is 0.244 e. The maximum atomic E-state index is 11.9. The quantitative estimate of drug-likeness (QED) is 0.463. The summed E-state index contributed by atoms with van der Waals surface area (Å²) in [7, 11) is 4.66. The molecule has 0 atom stereocenters. The SMILES string of the molecule is CCCCOCCCNC(=O)C=Cc1cc(OC)c(OC)c(OC)c1. The molecule has 0 saturated carbocycles. The average molecular weight is 351 g/mol. The highest BCUT2D eigenvalue weighted by Gasteiger charge is 2.12. The zero-order valence-electron chi connectivity index (χ0n) is 15.6. The monoisotopic (exact) mass is 351 g/mol. The third-order valence-electron chi connectivity index (χ3n) is 3.52. The summed E-state index contributed by atoms with van der Waals surface area (Å²) >= 11 is 0. The fraction of sp³-hybridized carbons (Fsp3) is 0.526. The van der Waals surface area contributed by atoms with Crippen LogP contribution in [0.2, 0.25) is 0 Å². The van der Waals surface area contributed by atoms with Crippen LogP contribution in [0.25, 0.3) is 6.08 Å². The summed E-state index contributed by atoms with van der Waals surface area (Å²) in [4.78, 5) is 11.9. The van der Waals surface area contributed by atoms with Gasteiger partial charge in [-0.25, -0.2) is 0 Å². The van der Waals surface area contributed by atoms with Gasteiger partial charge in [0, 0.05) is 25.8 Å². The topological polar surface area (TPSA) is 66.0 Å². The first-order valence-corrected chi connectivity index (χ1v) is 8.49. The highest BCUT2D eigenvalue weighted by atomic mass is 16.5. The fourth-order valence-electron chi connectivity index (χ4n) is 2.16. The van der Waals surface area contributed by atoms with Crippen LogP contribution in [0.1, 0.15) is 31.7 Å². The number of unbranched alkanes of at least 4 members (excludes halogenated alkanes) is 1. The van der Waals surface area contributed by atoms with Crippen molar-refractivity contribution in [2.24, 2.45) is 0 Å². The van der Waals surface area contributed by atoms with Crippen LogP contribution in [0.5, 0.6) is 17.2 Å². The molecular weight excluding hydrogens is 322 g/mol. The van der Waals surface area contributed by atoms with Gasteiger partial charge in [0.05, 0.1) is 21.3 Å². The molecule has 1 aromatic rings. The molecule has 6 heteroatoms. The highest BCUT2D eigenvalue weighted by molar-refractivity contribution is 5.91. The largest absolute Gasteiger partial charge is 0.493 e. The second kappa shape index (κ2) is 12.2. The lowest BCUT2D eigenvalue weighted by Gasteiger charge is -2.12. The molecule has 1 aromatic carbocycles. The summed E-state index contributed by atoms with van der Waals surface area (Å²) in [6.07, 6.45) is 6.19. The van der Waals surface area contributed by atoms with E-state index < -0.39 is 0 Å². The number of hydrogen-bond donors (Lipinski definition) is 1. The van der Waals surface area contributed by atoms with Gasteiger partial charge in [-0.15, -0.1) is 0 Å². The number of ether oxygens (including phenoxy) is 4. The molecule has 0 aliphatic rings. The lowest BCUT2D eigenvalue weighted by molar-refractivity contribution is -0.116. The number of hydrogen-bond acceptors (Lipinski definition) is 5. The number of nitrogens with one attached hydrogen (secondary N) is 1. The Balaban J connectivity index is 2.50. The van der Waals surface area contributed by atoms with Crippen molar-refractivity contribution >= 4 is 12.0 Å². The molecule has 0 bridgehead atoms. The minimum atomic E-state index is -0.151. The van der Waals surface area contributed by atoms with E-state index in [1.807, 2.05) is 0 Å². The molecule has 6 nitrogen and oxygen atoms in total. The molecule has 140 valence electrons. The normalized spacial score (nSPS) is 10.7. The molecule has 0 aliphatic carbocycles. The summed E-state index contributed by atoms with van der Waals surface area (Å²) in [5.74, 6) is 1.47. The molecule has 1 amide bonds. The van der Waals surface area contributed by atoms with Gasteiger partial charge in [-0.2, -0.15) is 0 Å². The van der Waals surface area contributed by atoms with Gasteiger partial charge in [-0.1, -0.05) is 13.3 Å². The number of rotatable bonds is 12. The van der Waals surface area contributed by atoms with Gasteiger partial charge in [0.25, 0.3) is 0 Å². The molecule has 0 spiro atoms. The predicted octanol–water partition coefficient (Wildman–Crippen LogP) is 3.05. The molecule has 0 fully saturated rings. The Bertz CT molecular complexity index is 532. The van der Waals surface area contributed by atoms with Crippen molar-refractivity contribution in [3.63, 3.8) is 0 Å². The predicted molar refractivity (Wildman–Crippen MR) is 98.5 cm³/mol. The lowest BCUT2D eigenvalue weighted by Crippen LogP contribution is -2.23. The van der Waals surface area contributed by atoms with Crippen LogP contribution < -0.4 is 19.5 Å². The average Bonchev–Trinajstić information content (AvgIpc) is 2.64. The van der Waals surface area contributed by atoms with Crippen molar-refractivity contribution in [1.82, 2.24) is 5.32 Å². The minimum Gasteiger partial charge on any atom is -0.493 e. The molecule has 0 radical (unpaired) electrons. The van der Waals surface area contributed by atoms with E-state index in [2.05, 4.69) is 12.2 Å². The Morgan fingerprint density at radius 3 is 2.24 bits per heavy atom. The van der Waals surface area contributed by atoms with Gasteiger partial charge in [0.1, 0.15) is 0 Å². The first kappa shape index (κ1) is 20.8. The first-order valence-electron chi connectivity index (χ1n) is 8.49. The van der Waals surface area contributed by atoms with Crippen LogP contribution in [-0.4, -0.2) is 47.0 Å². The van der Waals surface area contributed by atoms with Crippen LogP contribution in [0, 0.1) is 0 Å². The van der Waals surface area contributed by atoms with Gasteiger partial charge in [0.15, 0.2) is 11.5 Å². The third kappa shape index (κ3) is 7.47. The maximum Gasteiger partial charge on any atom is 0.244 e. The van der Waals surface area contributed by atoms with Crippen molar-refractivity contribution in [2.45, 2.75) is 26.2 Å². The maximum absolute atomic E-state index is 11.9. The Morgan fingerprint density at radius 1 is 1.04 bits per heavy atom. The summed E-state index contributed by atoms with van der Waals surface area (Å²) in [6, 6.07) is 3.57. The van der Waals surface area contributed by atoms with Gasteiger partial charge in [0.2, 0.25) is 11.7 Å². The molecule has 0 heterocycles. The molecular formula is C19H29NO5. The summed E-state index contributed by atoms with van der Waals surface area (Å²) < 4.78 is 21.3. The van der Waals surface area contributed by atoms with Crippen LogP contribution >= 0.6 is 0 Å². The first-order chi connectivity index (χ1) is 12.2. The van der Waals surface area contributed by atoms with Crippen LogP contribution in [0.15, 0.2) is 18.2 Å². The second-order valence-corrected chi connectivity index (χ2v) is 5.40. The van der Waals surface area contributed by atoms with E-state index in [1.54, 1.807) is 39.5 Å². The Kier molecular flexibility index (Phi) is 10.2. The Hall–Kier alpha value is -2.21. The van der Waals surface area contributed by atoms with Crippen molar-refractivity contribution in [2.75, 3.05) is 41.1 Å². The van der Waals surface area contributed by atoms with E-state index in [1.165, 1.54) is 6.08 Å². The van der Waals surface area contributed by atoms with Crippen LogP contribution in [-0.2, 0) is 9.53 Å². The Labute approximate surface area is 150 Å². The van der Waals surface area contributed by atoms with E-state index in [0.29, 0.717) is 30.4 Å². The molecule has 0 saturated heterocycles. The number of benzene rings is 1. The molecule has 0 unspecified atom stereocenters. The van der Waals surface area contributed by atoms with Crippen LogP contribution in [0.4, 0.5) is 0 Å². The number of amides is 1. The van der Waals surface area contributed by atoms with Gasteiger partial charge < -0.3 is 24.3 Å². The summed E-state index contributed by atoms with van der Waals surface area (Å²) in [5, 5.41) is 2.83. The zero-order chi connectivity index (χ0) is 18.5. The molecule has 0 aromatic heterocycles. The van der Waals surface area contributed by atoms with Gasteiger partial charge >= 0.3 is 0 Å². The van der Waals surface area contributed by atoms with E-state index in [0.717, 1.165) is 31.4 Å². The van der Waals surface area contributed by atoms with Crippen LogP contribution in [0.3, 0.4) is 0 Å². The zero-order valence-corrected chi connectivity index (χ0v) is 15.6. The molecule has 1 N–H and O–H groups in total. The van der Waals surface area contributed by atoms with E-state index in [-0.39, 0.29) is 5.91 Å². The molecule has 0 aliphatic heterocycles. The minimum absolute atomic E-state index is 0.151. The van der Waals surface area contributed by atoms with Crippen molar-refractivity contribution in [1.29, 1.82) is 0 Å². The Morgan fingerprint density at radius 2 is 1.68 bits per heavy atom. The standard InChI is InChI=1S/C19H29NO5/c1-5-6-11-25-12-7-10-20-18(21)9-8-15-13-16(22-2)19(24-4)17(14-15)23-3/h8-9,13-14H,5-7,10-12H2,1-4H3,(H,20,21). The molecule has 1 rings (SSSR count). The van der Waals surface area contributed by atoms with E-state index in [9.17, 15) is 4.79 Å². The second-order valence-electron chi connectivity index (χ2n) is 5.40. The number of carbonyl (C=O) groups excluding carboxylic acids is 1. The number of carbonyl (C=O) groups is 1. The fourth-order valence-corrected chi connectivity index (χ4v) is 2.16. The van der Waals surface area contributed by atoms with E-state index in [4.69, 9.17) is 18.9 Å². The summed E-state index contributed by atoms with van der Waals surface area (Å²) in [6.45, 7) is 4.16. The van der Waals surface area contributed by atoms with E-state index >= 15 is 0 Å². The number of methoxy groups -OCH3 is 3. The van der Waals surface area contributed by atoms with Gasteiger partial charge in [-0.3, -0.25) is 4.79 Å². The van der Waals surface area contributed by atoms with Crippen molar-refractivity contribution < 1.29 is 23.7 Å². The van der Waals surface area contributed by atoms with Crippen molar-refractivity contribution in [3.8, 4) is 17.2 Å². The van der Waals surface area contributed by atoms with Crippen molar-refractivity contribution in [3.05, 3.63) is 23.8 Å². The highest BCUT2D eigenvalue weighted by Crippen LogP contribution is 2.38. The lowest BCUT2D eigenvalue weighted by atomic mass is 10.1. The summed E-state index contributed by atoms with van der Waals surface area (Å²) in [5.41, 5.74) is 0.785. The molecule has 25 heavy (non-hydrogen) atoms. The third-order valence-corrected chi connectivity index (χ3v) is 3.52.